The molecule has 8 nitrogen and oxygen atoms in total. The van der Waals surface area contributed by atoms with E-state index in [0.717, 1.165) is 21.3 Å². The summed E-state index contributed by atoms with van der Waals surface area (Å²) in [6, 6.07) is 24.0. The smallest absolute Gasteiger partial charge is 0.313 e. The van der Waals surface area contributed by atoms with Gasteiger partial charge in [-0.25, -0.2) is 0 Å². The van der Waals surface area contributed by atoms with Gasteiger partial charge in [-0.3, -0.25) is 14.3 Å². The first-order valence-electron chi connectivity index (χ1n) is 12.4. The number of ketones is 1. The highest BCUT2D eigenvalue weighted by atomic mass is 79.9. The van der Waals surface area contributed by atoms with Crippen LogP contribution in [0.4, 0.5) is 0 Å². The summed E-state index contributed by atoms with van der Waals surface area (Å²) in [6.07, 6.45) is 1.66. The zero-order chi connectivity index (χ0) is 27.4. The van der Waals surface area contributed by atoms with Crippen molar-refractivity contribution in [2.45, 2.75) is 23.7 Å². The summed E-state index contributed by atoms with van der Waals surface area (Å²) in [5, 5.41) is 16.8. The summed E-state index contributed by atoms with van der Waals surface area (Å²) in [5.74, 6) is -2.32. The number of esters is 1. The molecule has 9 heteroatoms. The van der Waals surface area contributed by atoms with Crippen LogP contribution in [0, 0.1) is 5.92 Å². The number of fused-ring (bicyclic) bond motifs is 2. The van der Waals surface area contributed by atoms with E-state index in [-0.39, 0.29) is 11.4 Å². The van der Waals surface area contributed by atoms with Crippen molar-refractivity contribution in [1.29, 1.82) is 0 Å². The first kappa shape index (κ1) is 25.3. The van der Waals surface area contributed by atoms with E-state index in [9.17, 15) is 14.7 Å². The van der Waals surface area contributed by atoms with Crippen molar-refractivity contribution >= 4 is 27.7 Å². The van der Waals surface area contributed by atoms with Gasteiger partial charge in [-0.2, -0.15) is 5.10 Å². The lowest BCUT2D eigenvalue weighted by molar-refractivity contribution is -0.251. The molecular weight excluding hydrogens is 564 g/mol. The number of hydrogen-bond acceptors (Lipinski definition) is 7. The van der Waals surface area contributed by atoms with Crippen molar-refractivity contribution in [3.8, 4) is 11.5 Å². The Bertz CT molecular complexity index is 1550. The fraction of sp³-hybridized carbons (Fsp3) is 0.233. The van der Waals surface area contributed by atoms with Crippen LogP contribution in [0.15, 0.2) is 89.5 Å². The number of ether oxygens (including phenoxy) is 3. The quantitative estimate of drug-likeness (QED) is 0.331. The normalized spacial score (nSPS) is 25.1. The maximum atomic E-state index is 14.2. The fourth-order valence-corrected chi connectivity index (χ4v) is 6.23. The van der Waals surface area contributed by atoms with E-state index in [1.165, 1.54) is 7.11 Å². The van der Waals surface area contributed by atoms with Gasteiger partial charge in [0.25, 0.3) is 0 Å². The molecule has 1 aromatic heterocycles. The molecule has 4 unspecified atom stereocenters. The van der Waals surface area contributed by atoms with Gasteiger partial charge in [0.1, 0.15) is 11.7 Å². The van der Waals surface area contributed by atoms with Crippen LogP contribution in [-0.2, 0) is 21.7 Å². The van der Waals surface area contributed by atoms with E-state index in [4.69, 9.17) is 14.2 Å². The van der Waals surface area contributed by atoms with Crippen molar-refractivity contribution in [2.24, 2.45) is 5.92 Å². The second-order valence-electron chi connectivity index (χ2n) is 9.72. The number of benzene rings is 3. The summed E-state index contributed by atoms with van der Waals surface area (Å²) < 4.78 is 19.4. The van der Waals surface area contributed by atoms with Crippen LogP contribution in [0.25, 0.3) is 0 Å². The number of carbonyl (C=O) groups excluding carboxylic acids is 2. The first-order chi connectivity index (χ1) is 18.8. The molecule has 2 aliphatic rings. The van der Waals surface area contributed by atoms with Crippen molar-refractivity contribution in [3.05, 3.63) is 112 Å². The van der Waals surface area contributed by atoms with Gasteiger partial charge in [0, 0.05) is 10.4 Å². The highest BCUT2D eigenvalue weighted by Gasteiger charge is 2.82. The van der Waals surface area contributed by atoms with E-state index < -0.39 is 34.8 Å². The second kappa shape index (κ2) is 9.36. The minimum absolute atomic E-state index is 0.0286. The highest BCUT2D eigenvalue weighted by molar-refractivity contribution is 9.10. The molecule has 1 saturated carbocycles. The molecule has 1 fully saturated rings. The van der Waals surface area contributed by atoms with Crippen LogP contribution >= 0.6 is 15.9 Å². The van der Waals surface area contributed by atoms with Gasteiger partial charge in [0.15, 0.2) is 22.6 Å². The standard InChI is InChI=1S/C30H25BrN2O6/c1-37-22-14-8-18(9-15-22)16-33-17-23-26(32-33)27(34)29(36)25(28(35)38-2)24(19-6-4-3-5-7-19)30(29,39-23)20-10-12-21(31)13-11-20/h3-15,17,24-25,36H,16H2,1-2H3. The average molecular weight is 589 g/mol. The number of nitrogens with zero attached hydrogens (tertiary/aromatic N) is 2. The molecule has 1 N–H and O–H groups in total. The van der Waals surface area contributed by atoms with Crippen LogP contribution < -0.4 is 9.47 Å². The second-order valence-corrected chi connectivity index (χ2v) is 10.6. The van der Waals surface area contributed by atoms with Crippen LogP contribution in [0.3, 0.4) is 0 Å². The Morgan fingerprint density at radius 3 is 2.38 bits per heavy atom. The first-order valence-corrected chi connectivity index (χ1v) is 13.2. The number of aromatic nitrogens is 2. The van der Waals surface area contributed by atoms with Gasteiger partial charge in [-0.15, -0.1) is 0 Å². The SMILES string of the molecule is COC(=O)C1C(c2ccccc2)C2(c3ccc(Br)cc3)Oc3cn(Cc4ccc(OC)cc4)nc3C(=O)C12O. The van der Waals surface area contributed by atoms with Gasteiger partial charge < -0.3 is 19.3 Å². The largest absolute Gasteiger partial charge is 0.497 e. The molecule has 198 valence electrons. The van der Waals surface area contributed by atoms with Crippen molar-refractivity contribution < 1.29 is 28.9 Å². The predicted octanol–water partition coefficient (Wildman–Crippen LogP) is 4.49. The molecule has 0 spiro atoms. The Labute approximate surface area is 233 Å². The molecule has 0 amide bonds. The number of carbonyl (C=O) groups is 2. The van der Waals surface area contributed by atoms with Gasteiger partial charge in [-0.1, -0.05) is 70.5 Å². The maximum absolute atomic E-state index is 14.2. The summed E-state index contributed by atoms with van der Waals surface area (Å²) in [7, 11) is 2.85. The van der Waals surface area contributed by atoms with E-state index in [0.29, 0.717) is 12.1 Å². The van der Waals surface area contributed by atoms with Gasteiger partial charge in [-0.05, 0) is 41.0 Å². The molecule has 6 rings (SSSR count). The lowest BCUT2D eigenvalue weighted by Crippen LogP contribution is -2.80. The van der Waals surface area contributed by atoms with Gasteiger partial charge in [0.05, 0.1) is 27.0 Å². The van der Waals surface area contributed by atoms with Crippen LogP contribution in [0.5, 0.6) is 11.5 Å². The van der Waals surface area contributed by atoms with Crippen molar-refractivity contribution in [1.82, 2.24) is 9.78 Å². The van der Waals surface area contributed by atoms with Gasteiger partial charge in [0.2, 0.25) is 5.78 Å². The molecule has 4 aromatic rings. The number of aliphatic hydroxyl groups is 1. The Morgan fingerprint density at radius 2 is 1.74 bits per heavy atom. The molecular formula is C30H25BrN2O6. The third kappa shape index (κ3) is 3.64. The van der Waals surface area contributed by atoms with Crippen molar-refractivity contribution in [2.75, 3.05) is 14.2 Å². The summed E-state index contributed by atoms with van der Waals surface area (Å²) in [4.78, 5) is 27.4. The lowest BCUT2D eigenvalue weighted by Gasteiger charge is -2.64. The molecule has 4 atom stereocenters. The monoisotopic (exact) mass is 588 g/mol. The minimum Gasteiger partial charge on any atom is -0.497 e. The fourth-order valence-electron chi connectivity index (χ4n) is 5.96. The summed E-state index contributed by atoms with van der Waals surface area (Å²) in [5.41, 5.74) is -1.64. The van der Waals surface area contributed by atoms with Gasteiger partial charge >= 0.3 is 5.97 Å². The van der Waals surface area contributed by atoms with Crippen LogP contribution in [-0.4, -0.2) is 46.5 Å². The highest BCUT2D eigenvalue weighted by Crippen LogP contribution is 2.68. The Balaban J connectivity index is 1.51. The number of methoxy groups -OCH3 is 2. The molecule has 1 aliphatic heterocycles. The molecule has 39 heavy (non-hydrogen) atoms. The molecule has 0 radical (unpaired) electrons. The van der Waals surface area contributed by atoms with Crippen LogP contribution in [0.2, 0.25) is 0 Å². The van der Waals surface area contributed by atoms with E-state index in [2.05, 4.69) is 21.0 Å². The average Bonchev–Trinajstić information content (AvgIpc) is 3.36. The summed E-state index contributed by atoms with van der Waals surface area (Å²) in [6.45, 7) is 0.361. The third-order valence-electron chi connectivity index (χ3n) is 7.74. The zero-order valence-corrected chi connectivity index (χ0v) is 22.8. The van der Waals surface area contributed by atoms with Crippen LogP contribution in [0.1, 0.15) is 33.1 Å². The zero-order valence-electron chi connectivity index (χ0n) is 21.2. The molecule has 2 heterocycles. The number of rotatable bonds is 6. The number of halogens is 1. The Kier molecular flexibility index (Phi) is 6.08. The number of hydrogen-bond donors (Lipinski definition) is 1. The topological polar surface area (TPSA) is 99.9 Å². The Morgan fingerprint density at radius 1 is 1.05 bits per heavy atom. The lowest BCUT2D eigenvalue weighted by atomic mass is 9.44. The van der Waals surface area contributed by atoms with E-state index in [1.807, 2.05) is 66.7 Å². The molecule has 0 bridgehead atoms. The Hall–Kier alpha value is -3.95. The number of Topliss-reactive ketones (excluding diaryl/α,β-unsaturated/α-hetero) is 1. The maximum Gasteiger partial charge on any atom is 0.313 e. The molecule has 1 aliphatic carbocycles. The van der Waals surface area contributed by atoms with Crippen molar-refractivity contribution in [3.63, 3.8) is 0 Å². The molecule has 0 saturated heterocycles. The predicted molar refractivity (Wildman–Crippen MR) is 145 cm³/mol. The third-order valence-corrected chi connectivity index (χ3v) is 8.27. The minimum atomic E-state index is -2.25. The molecule has 3 aromatic carbocycles. The summed E-state index contributed by atoms with van der Waals surface area (Å²) >= 11 is 3.46. The van der Waals surface area contributed by atoms with E-state index >= 15 is 0 Å². The van der Waals surface area contributed by atoms with E-state index in [1.54, 1.807) is 30.1 Å².